The smallest absolute Gasteiger partial charge is 0.220 e. The summed E-state index contributed by atoms with van der Waals surface area (Å²) in [5, 5.41) is 86.8. The van der Waals surface area contributed by atoms with Crippen LogP contribution in [0.4, 0.5) is 0 Å². The molecule has 0 aromatic heterocycles. The Balaban J connectivity index is 1.62. The molecule has 2 heterocycles. The number of aliphatic hydroxyl groups excluding tert-OH is 8. The van der Waals surface area contributed by atoms with Crippen LogP contribution in [0, 0.1) is 0 Å². The summed E-state index contributed by atoms with van der Waals surface area (Å²) in [6, 6.07) is -0.820. The van der Waals surface area contributed by atoms with E-state index in [4.69, 9.17) is 18.9 Å². The van der Waals surface area contributed by atoms with Crippen molar-refractivity contribution in [3.05, 3.63) is 0 Å². The Morgan fingerprint density at radius 2 is 0.814 bits per heavy atom. The van der Waals surface area contributed by atoms with Crippen LogP contribution in [0.15, 0.2) is 0 Å². The van der Waals surface area contributed by atoms with Gasteiger partial charge < -0.3 is 65.1 Å². The zero-order chi connectivity index (χ0) is 51.0. The van der Waals surface area contributed by atoms with Crippen molar-refractivity contribution in [2.24, 2.45) is 0 Å². The van der Waals surface area contributed by atoms with Crippen LogP contribution in [0.2, 0.25) is 0 Å². The summed E-state index contributed by atoms with van der Waals surface area (Å²) in [4.78, 5) is 13.2. The summed E-state index contributed by atoms with van der Waals surface area (Å²) in [5.74, 6) is -0.204. The first-order chi connectivity index (χ1) is 34.1. The van der Waals surface area contributed by atoms with Gasteiger partial charge in [0.1, 0.15) is 48.8 Å². The van der Waals surface area contributed by atoms with Gasteiger partial charge in [-0.2, -0.15) is 0 Å². The maximum Gasteiger partial charge on any atom is 0.220 e. The number of hydrogen-bond donors (Lipinski definition) is 9. The second-order valence-electron chi connectivity index (χ2n) is 21.1. The highest BCUT2D eigenvalue weighted by molar-refractivity contribution is 5.76. The molecular formula is C56H109NO13. The Kier molecular flexibility index (Phi) is 40.2. The summed E-state index contributed by atoms with van der Waals surface area (Å²) >= 11 is 0. The lowest BCUT2D eigenvalue weighted by Gasteiger charge is -2.46. The molecule has 0 spiro atoms. The molecule has 2 aliphatic rings. The monoisotopic (exact) mass is 1000 g/mol. The van der Waals surface area contributed by atoms with Crippen molar-refractivity contribution in [2.75, 3.05) is 19.8 Å². The molecule has 12 atom stereocenters. The van der Waals surface area contributed by atoms with E-state index in [-0.39, 0.29) is 12.5 Å². The van der Waals surface area contributed by atoms with Crippen LogP contribution >= 0.6 is 0 Å². The van der Waals surface area contributed by atoms with Crippen molar-refractivity contribution < 1.29 is 64.6 Å². The summed E-state index contributed by atoms with van der Waals surface area (Å²) in [6.07, 6.45) is 30.1. The van der Waals surface area contributed by atoms with Crippen molar-refractivity contribution in [1.82, 2.24) is 5.32 Å². The molecule has 12 unspecified atom stereocenters. The predicted molar refractivity (Wildman–Crippen MR) is 277 cm³/mol. The fourth-order valence-electron chi connectivity index (χ4n) is 10.1. The maximum absolute atomic E-state index is 13.2. The third-order valence-electron chi connectivity index (χ3n) is 14.8. The summed E-state index contributed by atoms with van der Waals surface area (Å²) < 4.78 is 22.7. The van der Waals surface area contributed by atoms with Gasteiger partial charge >= 0.3 is 0 Å². The Morgan fingerprint density at radius 3 is 1.21 bits per heavy atom. The first kappa shape index (κ1) is 65.1. The van der Waals surface area contributed by atoms with E-state index in [0.29, 0.717) is 12.8 Å². The van der Waals surface area contributed by atoms with Crippen LogP contribution in [0.25, 0.3) is 0 Å². The topological polar surface area (TPSA) is 228 Å². The zero-order valence-electron chi connectivity index (χ0n) is 44.5. The molecule has 1 amide bonds. The van der Waals surface area contributed by atoms with E-state index < -0.39 is 86.8 Å². The molecule has 0 saturated carbocycles. The van der Waals surface area contributed by atoms with E-state index in [1.54, 1.807) is 0 Å². The van der Waals surface area contributed by atoms with Crippen LogP contribution in [0.3, 0.4) is 0 Å². The van der Waals surface area contributed by atoms with Gasteiger partial charge in [-0.3, -0.25) is 4.79 Å². The van der Waals surface area contributed by atoms with Crippen LogP contribution in [-0.4, -0.2) is 140 Å². The van der Waals surface area contributed by atoms with Crippen molar-refractivity contribution in [2.45, 2.75) is 331 Å². The van der Waals surface area contributed by atoms with Gasteiger partial charge in [0.15, 0.2) is 12.6 Å². The second-order valence-corrected chi connectivity index (χ2v) is 21.1. The summed E-state index contributed by atoms with van der Waals surface area (Å²) in [7, 11) is 0. The molecule has 0 aromatic carbocycles. The van der Waals surface area contributed by atoms with Crippen LogP contribution < -0.4 is 5.32 Å². The van der Waals surface area contributed by atoms with Gasteiger partial charge in [0.05, 0.1) is 32.0 Å². The standard InChI is InChI=1S/C56H109NO13/c1-3-5-7-9-11-13-14-15-16-17-18-19-20-21-22-23-24-25-26-27-28-29-30-31-32-34-36-38-40-48(61)57-44(45(60)39-37-35-33-12-10-8-6-4-2)43-67-55-53(66)51(64)54(47(42-59)69-55)70-56-52(65)50(63)49(62)46(41-58)68-56/h44-47,49-56,58-60,62-66H,3-43H2,1-2H3,(H,57,61). The van der Waals surface area contributed by atoms with Gasteiger partial charge in [0.2, 0.25) is 5.91 Å². The molecule has 2 fully saturated rings. The fraction of sp³-hybridized carbons (Fsp3) is 0.982. The Morgan fingerprint density at radius 1 is 0.457 bits per heavy atom. The minimum atomic E-state index is -1.78. The van der Waals surface area contributed by atoms with E-state index in [1.807, 2.05) is 0 Å². The maximum atomic E-state index is 13.2. The highest BCUT2D eigenvalue weighted by atomic mass is 16.7. The predicted octanol–water partition coefficient (Wildman–Crippen LogP) is 9.34. The first-order valence-electron chi connectivity index (χ1n) is 29.3. The van der Waals surface area contributed by atoms with Crippen LogP contribution in [-0.2, 0) is 23.7 Å². The Hall–Kier alpha value is -1.01. The van der Waals surface area contributed by atoms with Gasteiger partial charge in [0, 0.05) is 6.42 Å². The van der Waals surface area contributed by atoms with Crippen molar-refractivity contribution in [1.29, 1.82) is 0 Å². The molecule has 0 aromatic rings. The number of carbonyl (C=O) groups excluding carboxylic acids is 1. The fourth-order valence-corrected chi connectivity index (χ4v) is 10.1. The van der Waals surface area contributed by atoms with Gasteiger partial charge in [-0.15, -0.1) is 0 Å². The highest BCUT2D eigenvalue weighted by Crippen LogP contribution is 2.30. The third kappa shape index (κ3) is 29.2. The quantitative estimate of drug-likeness (QED) is 0.0259. The number of ether oxygens (including phenoxy) is 4. The number of unbranched alkanes of at least 4 members (excludes halogenated alkanes) is 34. The molecular weight excluding hydrogens is 895 g/mol. The lowest BCUT2D eigenvalue weighted by atomic mass is 9.97. The number of amides is 1. The summed E-state index contributed by atoms with van der Waals surface area (Å²) in [6.45, 7) is 2.84. The Bertz CT molecular complexity index is 1180. The molecule has 2 aliphatic heterocycles. The van der Waals surface area contributed by atoms with Crippen molar-refractivity contribution in [3.8, 4) is 0 Å². The molecule has 70 heavy (non-hydrogen) atoms. The largest absolute Gasteiger partial charge is 0.394 e. The van der Waals surface area contributed by atoms with E-state index in [2.05, 4.69) is 19.2 Å². The molecule has 2 rings (SSSR count). The SMILES string of the molecule is CCCCCCCCCCCCCCCCCCCCCCCCCCCCCCC(=O)NC(COC1OC(CO)C(OC2OC(CO)C(O)C(O)C2O)C(O)C1O)C(O)CCCCCCCCCC. The molecule has 9 N–H and O–H groups in total. The minimum absolute atomic E-state index is 0.204. The summed E-state index contributed by atoms with van der Waals surface area (Å²) in [5.41, 5.74) is 0. The Labute approximate surface area is 425 Å². The molecule has 14 heteroatoms. The van der Waals surface area contributed by atoms with Gasteiger partial charge in [-0.1, -0.05) is 239 Å². The minimum Gasteiger partial charge on any atom is -0.394 e. The highest BCUT2D eigenvalue weighted by Gasteiger charge is 2.51. The van der Waals surface area contributed by atoms with Gasteiger partial charge in [-0.05, 0) is 12.8 Å². The average Bonchev–Trinajstić information content (AvgIpc) is 3.36. The van der Waals surface area contributed by atoms with Gasteiger partial charge in [-0.25, -0.2) is 0 Å². The number of rotatable bonds is 47. The number of hydrogen-bond acceptors (Lipinski definition) is 13. The first-order valence-corrected chi connectivity index (χ1v) is 29.3. The molecule has 0 aliphatic carbocycles. The van der Waals surface area contributed by atoms with Crippen LogP contribution in [0.5, 0.6) is 0 Å². The van der Waals surface area contributed by atoms with E-state index >= 15 is 0 Å². The lowest BCUT2D eigenvalue weighted by Crippen LogP contribution is -2.65. The number of nitrogens with one attached hydrogen (secondary N) is 1. The van der Waals surface area contributed by atoms with E-state index in [9.17, 15) is 45.6 Å². The van der Waals surface area contributed by atoms with Crippen molar-refractivity contribution >= 4 is 5.91 Å². The van der Waals surface area contributed by atoms with E-state index in [1.165, 1.54) is 180 Å². The molecule has 416 valence electrons. The zero-order valence-corrected chi connectivity index (χ0v) is 44.5. The molecule has 2 saturated heterocycles. The average molecular weight is 1000 g/mol. The third-order valence-corrected chi connectivity index (χ3v) is 14.8. The van der Waals surface area contributed by atoms with Crippen molar-refractivity contribution in [3.63, 3.8) is 0 Å². The molecule has 14 nitrogen and oxygen atoms in total. The van der Waals surface area contributed by atoms with Crippen LogP contribution in [0.1, 0.15) is 258 Å². The normalized spacial score (nSPS) is 25.9. The molecule has 0 radical (unpaired) electrons. The van der Waals surface area contributed by atoms with E-state index in [0.717, 1.165) is 51.4 Å². The second kappa shape index (κ2) is 43.3. The number of aliphatic hydroxyl groups is 8. The lowest BCUT2D eigenvalue weighted by molar-refractivity contribution is -0.359. The molecule has 0 bridgehead atoms. The number of carbonyl (C=O) groups is 1. The van der Waals surface area contributed by atoms with Gasteiger partial charge in [0.25, 0.3) is 0 Å².